The Bertz CT molecular complexity index is 301. The van der Waals surface area contributed by atoms with Gasteiger partial charge in [-0.05, 0) is 46.0 Å². The minimum absolute atomic E-state index is 0.0373. The molecule has 2 aliphatic rings. The minimum Gasteiger partial charge on any atom is -0.391 e. The van der Waals surface area contributed by atoms with Gasteiger partial charge in [0, 0.05) is 6.04 Å². The molecule has 3 N–H and O–H groups in total. The zero-order valence-corrected chi connectivity index (χ0v) is 11.7. The van der Waals surface area contributed by atoms with Crippen molar-refractivity contribution in [2.24, 2.45) is 5.92 Å². The van der Waals surface area contributed by atoms with E-state index in [0.717, 1.165) is 6.42 Å². The van der Waals surface area contributed by atoms with Gasteiger partial charge in [0.25, 0.3) is 0 Å². The molecule has 4 nitrogen and oxygen atoms in total. The molecule has 0 spiro atoms. The number of carbonyl (C=O) groups excluding carboxylic acids is 1. The lowest BCUT2D eigenvalue weighted by Gasteiger charge is -2.30. The first kappa shape index (κ1) is 13.8. The molecule has 4 atom stereocenters. The summed E-state index contributed by atoms with van der Waals surface area (Å²) in [5, 5.41) is 16.1. The first-order chi connectivity index (χ1) is 8.40. The zero-order valence-electron chi connectivity index (χ0n) is 11.7. The summed E-state index contributed by atoms with van der Waals surface area (Å²) in [6.07, 6.45) is 5.44. The largest absolute Gasteiger partial charge is 0.391 e. The van der Waals surface area contributed by atoms with Crippen LogP contribution in [0.25, 0.3) is 0 Å². The van der Waals surface area contributed by atoms with Crippen molar-refractivity contribution in [1.29, 1.82) is 0 Å². The van der Waals surface area contributed by atoms with E-state index in [1.807, 2.05) is 13.8 Å². The molecule has 1 amide bonds. The first-order valence-electron chi connectivity index (χ1n) is 7.16. The van der Waals surface area contributed by atoms with E-state index in [1.54, 1.807) is 6.92 Å². The number of fused-ring (bicyclic) bond motifs is 1. The van der Waals surface area contributed by atoms with Gasteiger partial charge in [-0.1, -0.05) is 12.8 Å². The van der Waals surface area contributed by atoms with Crippen molar-refractivity contribution in [3.05, 3.63) is 0 Å². The third-order valence-electron chi connectivity index (χ3n) is 4.67. The fraction of sp³-hybridized carbons (Fsp3) is 0.929. The molecule has 18 heavy (non-hydrogen) atoms. The van der Waals surface area contributed by atoms with Crippen LogP contribution in [0, 0.1) is 5.92 Å². The molecule has 0 aromatic carbocycles. The van der Waals surface area contributed by atoms with Crippen molar-refractivity contribution >= 4 is 5.91 Å². The number of rotatable bonds is 3. The van der Waals surface area contributed by atoms with Crippen LogP contribution in [0.1, 0.15) is 52.9 Å². The highest BCUT2D eigenvalue weighted by Gasteiger charge is 2.39. The number of aliphatic hydroxyl groups excluding tert-OH is 1. The van der Waals surface area contributed by atoms with Crippen LogP contribution in [-0.2, 0) is 4.79 Å². The van der Waals surface area contributed by atoms with Gasteiger partial charge >= 0.3 is 0 Å². The Morgan fingerprint density at radius 1 is 1.39 bits per heavy atom. The predicted molar refractivity (Wildman–Crippen MR) is 71.2 cm³/mol. The molecule has 1 heterocycles. The van der Waals surface area contributed by atoms with Gasteiger partial charge in [0.05, 0.1) is 17.7 Å². The second-order valence-electron chi connectivity index (χ2n) is 6.49. The van der Waals surface area contributed by atoms with Gasteiger partial charge in [0.2, 0.25) is 5.91 Å². The Morgan fingerprint density at radius 3 is 2.67 bits per heavy atom. The molecule has 1 aliphatic heterocycles. The molecule has 1 saturated heterocycles. The summed E-state index contributed by atoms with van der Waals surface area (Å²) in [7, 11) is 0. The quantitative estimate of drug-likeness (QED) is 0.709. The smallest absolute Gasteiger partial charge is 0.237 e. The fourth-order valence-electron chi connectivity index (χ4n) is 3.03. The van der Waals surface area contributed by atoms with Crippen LogP contribution in [0.15, 0.2) is 0 Å². The number of hydrogen-bond acceptors (Lipinski definition) is 3. The topological polar surface area (TPSA) is 61.4 Å². The lowest BCUT2D eigenvalue weighted by atomic mass is 9.85. The van der Waals surface area contributed by atoms with Crippen molar-refractivity contribution < 1.29 is 9.90 Å². The van der Waals surface area contributed by atoms with E-state index < -0.39 is 11.6 Å². The predicted octanol–water partition coefficient (Wildman–Crippen LogP) is 1.18. The Kier molecular flexibility index (Phi) is 3.97. The highest BCUT2D eigenvalue weighted by molar-refractivity contribution is 5.83. The number of hydrogen-bond donors (Lipinski definition) is 3. The van der Waals surface area contributed by atoms with E-state index in [9.17, 15) is 9.90 Å². The van der Waals surface area contributed by atoms with Crippen LogP contribution in [0.2, 0.25) is 0 Å². The van der Waals surface area contributed by atoms with Crippen LogP contribution < -0.4 is 10.6 Å². The molecule has 1 saturated carbocycles. The van der Waals surface area contributed by atoms with Crippen molar-refractivity contribution in [3.63, 3.8) is 0 Å². The fourth-order valence-corrected chi connectivity index (χ4v) is 3.03. The van der Waals surface area contributed by atoms with Crippen LogP contribution in [0.5, 0.6) is 0 Å². The molecular formula is C14H26N2O2. The second-order valence-corrected chi connectivity index (χ2v) is 6.49. The highest BCUT2D eigenvalue weighted by atomic mass is 16.3. The molecule has 0 aromatic rings. The maximum Gasteiger partial charge on any atom is 0.237 e. The van der Waals surface area contributed by atoms with Crippen molar-refractivity contribution in [2.45, 2.75) is 76.6 Å². The van der Waals surface area contributed by atoms with Gasteiger partial charge in [-0.3, -0.25) is 4.79 Å². The van der Waals surface area contributed by atoms with E-state index in [-0.39, 0.29) is 11.9 Å². The van der Waals surface area contributed by atoms with Crippen molar-refractivity contribution in [3.8, 4) is 0 Å². The Labute approximate surface area is 110 Å². The molecule has 0 aromatic heterocycles. The van der Waals surface area contributed by atoms with Crippen LogP contribution >= 0.6 is 0 Å². The summed E-state index contributed by atoms with van der Waals surface area (Å²) in [4.78, 5) is 12.2. The lowest BCUT2D eigenvalue weighted by molar-refractivity contribution is -0.125. The van der Waals surface area contributed by atoms with E-state index in [2.05, 4.69) is 10.6 Å². The Balaban J connectivity index is 1.91. The number of amides is 1. The molecular weight excluding hydrogens is 228 g/mol. The molecule has 104 valence electrons. The molecule has 1 aliphatic carbocycles. The molecule has 0 bridgehead atoms. The summed E-state index contributed by atoms with van der Waals surface area (Å²) in [6, 6.07) is 0.459. The maximum absolute atomic E-state index is 12.2. The van der Waals surface area contributed by atoms with Crippen LogP contribution in [0.3, 0.4) is 0 Å². The summed E-state index contributed by atoms with van der Waals surface area (Å²) in [6.45, 7) is 5.43. The van der Waals surface area contributed by atoms with Gasteiger partial charge in [-0.25, -0.2) is 0 Å². The molecule has 2 fully saturated rings. The van der Waals surface area contributed by atoms with Crippen molar-refractivity contribution in [1.82, 2.24) is 10.6 Å². The summed E-state index contributed by atoms with van der Waals surface area (Å²) < 4.78 is 0. The second kappa shape index (κ2) is 5.17. The Hall–Kier alpha value is -0.610. The summed E-state index contributed by atoms with van der Waals surface area (Å²) in [5.41, 5.74) is -0.563. The lowest BCUT2D eigenvalue weighted by Crippen LogP contribution is -2.55. The molecule has 4 heteroatoms. The van der Waals surface area contributed by atoms with Gasteiger partial charge in [-0.2, -0.15) is 0 Å². The van der Waals surface area contributed by atoms with Crippen molar-refractivity contribution in [2.75, 3.05) is 0 Å². The van der Waals surface area contributed by atoms with Gasteiger partial charge in [-0.15, -0.1) is 0 Å². The van der Waals surface area contributed by atoms with Gasteiger partial charge < -0.3 is 15.7 Å². The minimum atomic E-state index is -0.563. The molecule has 2 rings (SSSR count). The van der Waals surface area contributed by atoms with E-state index in [4.69, 9.17) is 0 Å². The number of nitrogens with one attached hydrogen (secondary N) is 2. The normalized spacial score (nSPS) is 33.9. The van der Waals surface area contributed by atoms with Crippen LogP contribution in [0.4, 0.5) is 0 Å². The van der Waals surface area contributed by atoms with E-state index >= 15 is 0 Å². The third kappa shape index (κ3) is 2.86. The standard InChI is InChI=1S/C14H26N2O2/c1-9(17)14(2,3)16-13(18)12-8-10-6-4-5-7-11(10)15-12/h9-12,15,17H,4-8H2,1-3H3,(H,16,18). The number of aliphatic hydroxyl groups is 1. The molecule has 4 unspecified atom stereocenters. The van der Waals surface area contributed by atoms with E-state index in [1.165, 1.54) is 25.7 Å². The average Bonchev–Trinajstić information content (AvgIpc) is 2.71. The molecule has 0 radical (unpaired) electrons. The van der Waals surface area contributed by atoms with Gasteiger partial charge in [0.1, 0.15) is 0 Å². The van der Waals surface area contributed by atoms with E-state index in [0.29, 0.717) is 12.0 Å². The first-order valence-corrected chi connectivity index (χ1v) is 7.16. The summed E-state index contributed by atoms with van der Waals surface area (Å²) >= 11 is 0. The SMILES string of the molecule is CC(O)C(C)(C)NC(=O)C1CC2CCCCC2N1. The Morgan fingerprint density at radius 2 is 2.06 bits per heavy atom. The zero-order chi connectivity index (χ0) is 13.3. The highest BCUT2D eigenvalue weighted by Crippen LogP contribution is 2.33. The van der Waals surface area contributed by atoms with Crippen LogP contribution in [-0.4, -0.2) is 34.7 Å². The summed E-state index contributed by atoms with van der Waals surface area (Å²) in [5.74, 6) is 0.708. The average molecular weight is 254 g/mol. The monoisotopic (exact) mass is 254 g/mol. The third-order valence-corrected chi connectivity index (χ3v) is 4.67. The maximum atomic E-state index is 12.2. The number of carbonyl (C=O) groups is 1. The van der Waals surface area contributed by atoms with Gasteiger partial charge in [0.15, 0.2) is 0 Å².